The van der Waals surface area contributed by atoms with Gasteiger partial charge < -0.3 is 19.4 Å². The molecule has 0 aliphatic carbocycles. The zero-order valence-corrected chi connectivity index (χ0v) is 16.3. The number of nitro groups is 1. The number of hydrogen-bond donors (Lipinski definition) is 1. The van der Waals surface area contributed by atoms with Gasteiger partial charge in [0.1, 0.15) is 5.56 Å². The van der Waals surface area contributed by atoms with Gasteiger partial charge >= 0.3 is 0 Å². The fourth-order valence-corrected chi connectivity index (χ4v) is 3.04. The summed E-state index contributed by atoms with van der Waals surface area (Å²) in [6.07, 6.45) is 2.41. The first-order valence-corrected chi connectivity index (χ1v) is 9.22. The second kappa shape index (κ2) is 9.05. The summed E-state index contributed by atoms with van der Waals surface area (Å²) < 4.78 is 12.6. The van der Waals surface area contributed by atoms with Gasteiger partial charge in [0.05, 0.1) is 42.1 Å². The number of ether oxygens (including phenoxy) is 2. The Kier molecular flexibility index (Phi) is 6.28. The lowest BCUT2D eigenvalue weighted by molar-refractivity contribution is -0.385. The molecule has 0 fully saturated rings. The van der Waals surface area contributed by atoms with Crippen molar-refractivity contribution in [3.8, 4) is 11.5 Å². The number of nitrogens with one attached hydrogen (secondary N) is 1. The van der Waals surface area contributed by atoms with Crippen molar-refractivity contribution in [1.82, 2.24) is 14.9 Å². The van der Waals surface area contributed by atoms with Crippen molar-refractivity contribution >= 4 is 22.6 Å². The summed E-state index contributed by atoms with van der Waals surface area (Å²) >= 11 is 0. The molecular weight excluding hydrogens is 376 g/mol. The van der Waals surface area contributed by atoms with Crippen molar-refractivity contribution in [2.75, 3.05) is 20.3 Å². The number of para-hydroxylation sites is 2. The largest absolute Gasteiger partial charge is 0.493 e. The molecule has 3 rings (SSSR count). The predicted octanol–water partition coefficient (Wildman–Crippen LogP) is 3.17. The Morgan fingerprint density at radius 1 is 1.28 bits per heavy atom. The average molecular weight is 398 g/mol. The maximum atomic E-state index is 12.6. The van der Waals surface area contributed by atoms with Crippen LogP contribution in [0.3, 0.4) is 0 Å². The van der Waals surface area contributed by atoms with E-state index in [9.17, 15) is 14.9 Å². The van der Waals surface area contributed by atoms with Crippen LogP contribution in [-0.4, -0.2) is 40.6 Å². The number of fused-ring (bicyclic) bond motifs is 1. The van der Waals surface area contributed by atoms with Crippen LogP contribution in [0.15, 0.2) is 42.7 Å². The number of benzene rings is 2. The number of methoxy groups -OCH3 is 1. The van der Waals surface area contributed by atoms with E-state index in [0.717, 1.165) is 11.0 Å². The summed E-state index contributed by atoms with van der Waals surface area (Å²) in [5.74, 6) is -0.0338. The Morgan fingerprint density at radius 3 is 2.79 bits per heavy atom. The van der Waals surface area contributed by atoms with E-state index in [-0.39, 0.29) is 22.7 Å². The van der Waals surface area contributed by atoms with Gasteiger partial charge in [0, 0.05) is 19.2 Å². The average Bonchev–Trinajstić information content (AvgIpc) is 3.14. The van der Waals surface area contributed by atoms with Gasteiger partial charge in [0.25, 0.3) is 11.6 Å². The Balaban J connectivity index is 1.68. The number of nitrogens with zero attached hydrogens (tertiary/aromatic N) is 3. The van der Waals surface area contributed by atoms with Crippen LogP contribution in [0.2, 0.25) is 0 Å². The second-order valence-corrected chi connectivity index (χ2v) is 6.25. The normalized spacial score (nSPS) is 10.7. The molecule has 0 unspecified atom stereocenters. The van der Waals surface area contributed by atoms with Crippen LogP contribution in [0.1, 0.15) is 23.7 Å². The molecule has 0 spiro atoms. The molecule has 152 valence electrons. The van der Waals surface area contributed by atoms with Gasteiger partial charge in [-0.05, 0) is 25.5 Å². The smallest absolute Gasteiger partial charge is 0.286 e. The fourth-order valence-electron chi connectivity index (χ4n) is 3.04. The Labute approximate surface area is 167 Å². The van der Waals surface area contributed by atoms with E-state index in [4.69, 9.17) is 9.47 Å². The van der Waals surface area contributed by atoms with Gasteiger partial charge in [-0.2, -0.15) is 0 Å². The van der Waals surface area contributed by atoms with E-state index in [1.54, 1.807) is 13.3 Å². The zero-order valence-electron chi connectivity index (χ0n) is 16.3. The minimum Gasteiger partial charge on any atom is -0.493 e. The number of aryl methyl sites for hydroxylation is 1. The van der Waals surface area contributed by atoms with E-state index < -0.39 is 10.8 Å². The molecular formula is C20H22N4O5. The van der Waals surface area contributed by atoms with Crippen LogP contribution in [0.5, 0.6) is 11.5 Å². The highest BCUT2D eigenvalue weighted by Gasteiger charge is 2.24. The molecule has 1 amide bonds. The fraction of sp³-hybridized carbons (Fsp3) is 0.300. The molecule has 1 heterocycles. The molecule has 1 aromatic heterocycles. The molecule has 1 N–H and O–H groups in total. The first-order chi connectivity index (χ1) is 14.0. The molecule has 0 bridgehead atoms. The summed E-state index contributed by atoms with van der Waals surface area (Å²) in [5, 5.41) is 14.1. The predicted molar refractivity (Wildman–Crippen MR) is 108 cm³/mol. The standard InChI is InChI=1S/C20H22N4O5/c1-3-29-19-11-14(17(24(26)27)12-18(19)28-2)20(25)21-9-6-10-23-13-22-15-7-4-5-8-16(15)23/h4-5,7-8,11-13H,3,6,9-10H2,1-2H3,(H,21,25). The van der Waals surface area contributed by atoms with Crippen LogP contribution < -0.4 is 14.8 Å². The van der Waals surface area contributed by atoms with Gasteiger partial charge in [-0.3, -0.25) is 14.9 Å². The third-order valence-electron chi connectivity index (χ3n) is 4.41. The summed E-state index contributed by atoms with van der Waals surface area (Å²) in [6, 6.07) is 10.3. The topological polar surface area (TPSA) is 109 Å². The lowest BCUT2D eigenvalue weighted by Gasteiger charge is -2.12. The molecule has 0 aliphatic heterocycles. The number of amides is 1. The molecule has 0 atom stereocenters. The van der Waals surface area contributed by atoms with Crippen molar-refractivity contribution in [1.29, 1.82) is 0 Å². The van der Waals surface area contributed by atoms with Crippen molar-refractivity contribution in [2.45, 2.75) is 19.9 Å². The monoisotopic (exact) mass is 398 g/mol. The highest BCUT2D eigenvalue weighted by molar-refractivity contribution is 5.99. The van der Waals surface area contributed by atoms with Gasteiger partial charge in [0.15, 0.2) is 11.5 Å². The van der Waals surface area contributed by atoms with E-state index in [0.29, 0.717) is 26.1 Å². The van der Waals surface area contributed by atoms with E-state index >= 15 is 0 Å². The number of carbonyl (C=O) groups is 1. The molecule has 0 saturated heterocycles. The number of imidazole rings is 1. The minimum atomic E-state index is -0.606. The van der Waals surface area contributed by atoms with Crippen LogP contribution >= 0.6 is 0 Å². The molecule has 9 heteroatoms. The molecule has 0 radical (unpaired) electrons. The van der Waals surface area contributed by atoms with Gasteiger partial charge in [-0.1, -0.05) is 12.1 Å². The highest BCUT2D eigenvalue weighted by atomic mass is 16.6. The summed E-state index contributed by atoms with van der Waals surface area (Å²) in [5.41, 5.74) is 1.54. The lowest BCUT2D eigenvalue weighted by Crippen LogP contribution is -2.26. The van der Waals surface area contributed by atoms with Gasteiger partial charge in [0.2, 0.25) is 0 Å². The summed E-state index contributed by atoms with van der Waals surface area (Å²) in [6.45, 7) is 3.14. The number of carbonyl (C=O) groups excluding carboxylic acids is 1. The molecule has 0 saturated carbocycles. The SMILES string of the molecule is CCOc1cc(C(=O)NCCCn2cnc3ccccc32)c([N+](=O)[O-])cc1OC. The second-order valence-electron chi connectivity index (χ2n) is 6.25. The van der Waals surface area contributed by atoms with Crippen molar-refractivity contribution in [3.63, 3.8) is 0 Å². The van der Waals surface area contributed by atoms with Crippen LogP contribution in [0.25, 0.3) is 11.0 Å². The minimum absolute atomic E-state index is 0.0627. The molecule has 0 aliphatic rings. The summed E-state index contributed by atoms with van der Waals surface area (Å²) in [7, 11) is 1.39. The summed E-state index contributed by atoms with van der Waals surface area (Å²) in [4.78, 5) is 27.7. The number of hydrogen-bond acceptors (Lipinski definition) is 6. The van der Waals surface area contributed by atoms with Gasteiger partial charge in [-0.15, -0.1) is 0 Å². The Hall–Kier alpha value is -3.62. The molecule has 29 heavy (non-hydrogen) atoms. The van der Waals surface area contributed by atoms with Crippen LogP contribution in [0.4, 0.5) is 5.69 Å². The molecule has 3 aromatic rings. The van der Waals surface area contributed by atoms with E-state index in [1.807, 2.05) is 28.8 Å². The molecule has 9 nitrogen and oxygen atoms in total. The van der Waals surface area contributed by atoms with E-state index in [1.165, 1.54) is 19.2 Å². The maximum Gasteiger partial charge on any atom is 0.286 e. The van der Waals surface area contributed by atoms with Crippen molar-refractivity contribution < 1.29 is 19.2 Å². The maximum absolute atomic E-state index is 12.6. The number of nitro benzene ring substituents is 1. The quantitative estimate of drug-likeness (QED) is 0.337. The Morgan fingerprint density at radius 2 is 2.07 bits per heavy atom. The first-order valence-electron chi connectivity index (χ1n) is 9.22. The Bertz CT molecular complexity index is 1030. The third-order valence-corrected chi connectivity index (χ3v) is 4.41. The highest BCUT2D eigenvalue weighted by Crippen LogP contribution is 2.34. The first kappa shape index (κ1) is 20.1. The third kappa shape index (κ3) is 4.45. The lowest BCUT2D eigenvalue weighted by atomic mass is 10.1. The number of aromatic nitrogens is 2. The van der Waals surface area contributed by atoms with Crippen LogP contribution in [0, 0.1) is 10.1 Å². The zero-order chi connectivity index (χ0) is 20.8. The van der Waals surface area contributed by atoms with Crippen molar-refractivity contribution in [3.05, 3.63) is 58.4 Å². The number of rotatable bonds is 9. The van der Waals surface area contributed by atoms with Gasteiger partial charge in [-0.25, -0.2) is 4.98 Å². The van der Waals surface area contributed by atoms with Crippen molar-refractivity contribution in [2.24, 2.45) is 0 Å². The molecule has 2 aromatic carbocycles. The van der Waals surface area contributed by atoms with Crippen LogP contribution in [-0.2, 0) is 6.54 Å². The van der Waals surface area contributed by atoms with E-state index in [2.05, 4.69) is 10.3 Å².